The normalized spacial score (nSPS) is 11.6. The van der Waals surface area contributed by atoms with Gasteiger partial charge in [0.2, 0.25) is 5.89 Å². The summed E-state index contributed by atoms with van der Waals surface area (Å²) in [5.41, 5.74) is 7.47. The van der Waals surface area contributed by atoms with E-state index in [-0.39, 0.29) is 17.7 Å². The van der Waals surface area contributed by atoms with Crippen LogP contribution < -0.4 is 11.1 Å². The first kappa shape index (κ1) is 22.8. The molecule has 0 aliphatic rings. The fourth-order valence-corrected chi connectivity index (χ4v) is 2.86. The van der Waals surface area contributed by atoms with Gasteiger partial charge in [0.15, 0.2) is 0 Å². The summed E-state index contributed by atoms with van der Waals surface area (Å²) < 4.78 is 59.2. The summed E-state index contributed by atoms with van der Waals surface area (Å²) >= 11 is 0. The molecule has 0 aliphatic carbocycles. The van der Waals surface area contributed by atoms with Gasteiger partial charge >= 0.3 is 6.43 Å². The Hall–Kier alpha value is -3.89. The fraction of sp³-hybridized carbons (Fsp3) is 0.190. The molecule has 32 heavy (non-hydrogen) atoms. The molecule has 0 atom stereocenters. The maximum Gasteiger partial charge on any atom is 0.314 e. The molecule has 0 fully saturated rings. The van der Waals surface area contributed by atoms with Crippen LogP contribution in [0, 0.1) is 11.6 Å². The molecule has 0 saturated carbocycles. The van der Waals surface area contributed by atoms with E-state index in [2.05, 4.69) is 27.3 Å². The number of halogens is 4. The number of hydrogen-bond donors (Lipinski definition) is 2. The Morgan fingerprint density at radius 1 is 1.25 bits per heavy atom. The van der Waals surface area contributed by atoms with Gasteiger partial charge in [-0.2, -0.15) is 13.9 Å². The van der Waals surface area contributed by atoms with Crippen molar-refractivity contribution in [3.05, 3.63) is 71.3 Å². The second kappa shape index (κ2) is 9.94. The van der Waals surface area contributed by atoms with Gasteiger partial charge in [0.05, 0.1) is 12.2 Å². The molecule has 0 aliphatic heterocycles. The molecule has 0 unspecified atom stereocenters. The van der Waals surface area contributed by atoms with E-state index in [1.807, 2.05) is 25.1 Å². The minimum Gasteiger partial charge on any atom is -0.415 e. The second-order valence-corrected chi connectivity index (χ2v) is 6.60. The Morgan fingerprint density at radius 3 is 2.56 bits per heavy atom. The van der Waals surface area contributed by atoms with Gasteiger partial charge in [-0.15, -0.1) is 10.2 Å². The van der Waals surface area contributed by atoms with Crippen LogP contribution in [-0.2, 0) is 6.54 Å². The van der Waals surface area contributed by atoms with Crippen molar-refractivity contribution in [1.82, 2.24) is 15.2 Å². The van der Waals surface area contributed by atoms with E-state index in [4.69, 9.17) is 10.2 Å². The number of rotatable bonds is 9. The highest BCUT2D eigenvalue weighted by Gasteiger charge is 2.20. The van der Waals surface area contributed by atoms with Crippen LogP contribution in [-0.4, -0.2) is 28.5 Å². The number of benzene rings is 2. The predicted molar refractivity (Wildman–Crippen MR) is 112 cm³/mol. The molecule has 0 radical (unpaired) electrons. The number of nitrogens with zero attached hydrogens (tertiary/aromatic N) is 4. The summed E-state index contributed by atoms with van der Waals surface area (Å²) in [6.07, 6.45) is -1.59. The molecule has 168 valence electrons. The zero-order valence-electron chi connectivity index (χ0n) is 17.0. The summed E-state index contributed by atoms with van der Waals surface area (Å²) in [5.74, 6) is -3.27. The van der Waals surface area contributed by atoms with Gasteiger partial charge in [0.25, 0.3) is 5.89 Å². The monoisotopic (exact) mass is 448 g/mol. The quantitative estimate of drug-likeness (QED) is 0.279. The third-order valence-electron chi connectivity index (χ3n) is 4.38. The molecule has 3 aromatic rings. The first-order chi connectivity index (χ1) is 15.3. The Balaban J connectivity index is 1.83. The molecule has 0 bridgehead atoms. The smallest absolute Gasteiger partial charge is 0.314 e. The molecule has 1 heterocycles. The minimum absolute atomic E-state index is 0.170. The molecule has 11 heteroatoms. The maximum absolute atomic E-state index is 14.6. The first-order valence-electron chi connectivity index (χ1n) is 9.47. The molecular formula is C21H20F4N6O. The molecule has 0 spiro atoms. The SMILES string of the molecule is C=NN(/C=C(\N)c1cccc(NCC)c1)Cc1c(F)cc(-c2nnc(C(F)F)o2)cc1F. The van der Waals surface area contributed by atoms with Crippen LogP contribution in [0.1, 0.15) is 30.4 Å². The van der Waals surface area contributed by atoms with Crippen molar-refractivity contribution in [2.75, 3.05) is 11.9 Å². The number of hydrazone groups is 1. The van der Waals surface area contributed by atoms with Crippen LogP contribution >= 0.6 is 0 Å². The van der Waals surface area contributed by atoms with E-state index < -0.39 is 29.8 Å². The van der Waals surface area contributed by atoms with Crippen molar-refractivity contribution >= 4 is 18.1 Å². The number of nitrogens with one attached hydrogen (secondary N) is 1. The lowest BCUT2D eigenvalue weighted by atomic mass is 10.1. The van der Waals surface area contributed by atoms with Crippen molar-refractivity contribution < 1.29 is 22.0 Å². The van der Waals surface area contributed by atoms with Crippen LogP contribution in [0.2, 0.25) is 0 Å². The Bertz CT molecular complexity index is 1110. The number of nitrogens with two attached hydrogens (primary N) is 1. The van der Waals surface area contributed by atoms with Gasteiger partial charge in [0.1, 0.15) is 11.6 Å². The lowest BCUT2D eigenvalue weighted by Crippen LogP contribution is -2.14. The van der Waals surface area contributed by atoms with Crippen molar-refractivity contribution in [1.29, 1.82) is 0 Å². The maximum atomic E-state index is 14.6. The third-order valence-corrected chi connectivity index (χ3v) is 4.38. The van der Waals surface area contributed by atoms with Crippen molar-refractivity contribution in [2.24, 2.45) is 10.8 Å². The number of aromatic nitrogens is 2. The molecular weight excluding hydrogens is 428 g/mol. The van der Waals surface area contributed by atoms with Crippen LogP contribution in [0.5, 0.6) is 0 Å². The van der Waals surface area contributed by atoms with Crippen molar-refractivity contribution in [2.45, 2.75) is 19.9 Å². The summed E-state index contributed by atoms with van der Waals surface area (Å²) in [7, 11) is 0. The van der Waals surface area contributed by atoms with Crippen LogP contribution in [0.3, 0.4) is 0 Å². The summed E-state index contributed by atoms with van der Waals surface area (Å²) in [4.78, 5) is 0. The minimum atomic E-state index is -2.99. The lowest BCUT2D eigenvalue weighted by molar-refractivity contribution is 0.116. The van der Waals surface area contributed by atoms with E-state index in [0.29, 0.717) is 11.3 Å². The Labute approximate surface area is 181 Å². The van der Waals surface area contributed by atoms with Crippen LogP contribution in [0.4, 0.5) is 23.2 Å². The molecule has 3 N–H and O–H groups in total. The van der Waals surface area contributed by atoms with Gasteiger partial charge in [-0.3, -0.25) is 5.01 Å². The largest absolute Gasteiger partial charge is 0.415 e. The highest BCUT2D eigenvalue weighted by Crippen LogP contribution is 2.27. The van der Waals surface area contributed by atoms with Gasteiger partial charge in [-0.1, -0.05) is 12.1 Å². The van der Waals surface area contributed by atoms with E-state index in [9.17, 15) is 17.6 Å². The van der Waals surface area contributed by atoms with Gasteiger partial charge in [0, 0.05) is 41.8 Å². The van der Waals surface area contributed by atoms with Crippen molar-refractivity contribution in [3.63, 3.8) is 0 Å². The second-order valence-electron chi connectivity index (χ2n) is 6.60. The predicted octanol–water partition coefficient (Wildman–Crippen LogP) is 4.76. The van der Waals surface area contributed by atoms with E-state index in [0.717, 1.165) is 24.4 Å². The zero-order chi connectivity index (χ0) is 23.3. The van der Waals surface area contributed by atoms with E-state index in [1.165, 1.54) is 11.2 Å². The number of anilines is 1. The zero-order valence-corrected chi connectivity index (χ0v) is 17.0. The Morgan fingerprint density at radius 2 is 1.97 bits per heavy atom. The lowest BCUT2D eigenvalue weighted by Gasteiger charge is -2.17. The van der Waals surface area contributed by atoms with E-state index in [1.54, 1.807) is 6.07 Å². The number of hydrogen-bond acceptors (Lipinski definition) is 7. The molecule has 7 nitrogen and oxygen atoms in total. The summed E-state index contributed by atoms with van der Waals surface area (Å²) in [5, 5.41) is 14.6. The van der Waals surface area contributed by atoms with Gasteiger partial charge in [-0.05, 0) is 31.2 Å². The topological polar surface area (TPSA) is 92.6 Å². The highest BCUT2D eigenvalue weighted by molar-refractivity contribution is 5.66. The van der Waals surface area contributed by atoms with Crippen molar-refractivity contribution in [3.8, 4) is 11.5 Å². The average Bonchev–Trinajstić information content (AvgIpc) is 3.26. The number of alkyl halides is 2. The summed E-state index contributed by atoms with van der Waals surface area (Å²) in [6, 6.07) is 9.12. The van der Waals surface area contributed by atoms with E-state index >= 15 is 0 Å². The standard InChI is InChI=1S/C21H20F4N6O/c1-3-28-14-6-4-5-12(7-14)18(26)11-31(27-2)10-15-16(22)8-13(9-17(15)23)20-29-30-21(32-20)19(24)25/h4-9,11,19,28H,2-3,10,26H2,1H3/b18-11-. The van der Waals surface area contributed by atoms with Gasteiger partial charge in [-0.25, -0.2) is 8.78 Å². The van der Waals surface area contributed by atoms with Crippen LogP contribution in [0.15, 0.2) is 52.1 Å². The third kappa shape index (κ3) is 5.23. The molecule has 0 saturated heterocycles. The molecule has 0 amide bonds. The average molecular weight is 448 g/mol. The first-order valence-corrected chi connectivity index (χ1v) is 9.47. The van der Waals surface area contributed by atoms with Crippen LogP contribution in [0.25, 0.3) is 17.2 Å². The highest BCUT2D eigenvalue weighted by atomic mass is 19.3. The van der Waals surface area contributed by atoms with Gasteiger partial charge < -0.3 is 15.5 Å². The molecule has 3 rings (SSSR count). The molecule has 2 aromatic carbocycles. The Kier molecular flexibility index (Phi) is 7.08. The fourth-order valence-electron chi connectivity index (χ4n) is 2.86. The molecule has 1 aromatic heterocycles. The summed E-state index contributed by atoms with van der Waals surface area (Å²) in [6.45, 7) is 5.78.